The van der Waals surface area contributed by atoms with Crippen LogP contribution in [0.4, 0.5) is 0 Å². The molecule has 26 heavy (non-hydrogen) atoms. The summed E-state index contributed by atoms with van der Waals surface area (Å²) in [6, 6.07) is 40.3. The first kappa shape index (κ1) is 15.6. The molecular weight excluding hydrogens is 331 g/mol. The maximum atomic E-state index is 2.53. The van der Waals surface area contributed by atoms with Crippen LogP contribution in [0, 0.1) is 0 Å². The Bertz CT molecular complexity index is 1010. The molecule has 0 aromatic heterocycles. The second-order valence-electron chi connectivity index (χ2n) is 7.27. The summed E-state index contributed by atoms with van der Waals surface area (Å²) in [5.74, 6) is 0. The molecule has 0 radical (unpaired) electrons. The molecule has 126 valence electrons. The molecular formula is C25H21P. The molecule has 1 heteroatoms. The van der Waals surface area contributed by atoms with Gasteiger partial charge in [0, 0.05) is 0 Å². The minimum atomic E-state index is -2.74. The summed E-state index contributed by atoms with van der Waals surface area (Å²) in [5.41, 5.74) is 2.77. The van der Waals surface area contributed by atoms with Gasteiger partial charge in [0.1, 0.15) is 0 Å². The van der Waals surface area contributed by atoms with E-state index < -0.39 is 6.60 Å². The van der Waals surface area contributed by atoms with Crippen molar-refractivity contribution < 1.29 is 0 Å². The van der Waals surface area contributed by atoms with Crippen molar-refractivity contribution in [3.63, 3.8) is 0 Å². The molecule has 4 aromatic rings. The number of fused-ring (bicyclic) bond motifs is 3. The van der Waals surface area contributed by atoms with Crippen LogP contribution in [0.15, 0.2) is 109 Å². The van der Waals surface area contributed by atoms with E-state index in [4.69, 9.17) is 0 Å². The van der Waals surface area contributed by atoms with Gasteiger partial charge in [-0.3, -0.25) is 0 Å². The Balaban J connectivity index is 2.06. The molecule has 1 heterocycles. The summed E-state index contributed by atoms with van der Waals surface area (Å²) in [6.45, 7) is -0.213. The van der Waals surface area contributed by atoms with Crippen molar-refractivity contribution >= 4 is 27.8 Å². The summed E-state index contributed by atoms with van der Waals surface area (Å²) in [6.07, 6.45) is 0. The first-order valence-corrected chi connectivity index (χ1v) is 11.8. The predicted molar refractivity (Wildman–Crippen MR) is 116 cm³/mol. The fraction of sp³-hybridized carbons (Fsp3) is 0.0400. The van der Waals surface area contributed by atoms with Crippen LogP contribution < -0.4 is 21.2 Å². The molecule has 5 rings (SSSR count). The fourth-order valence-corrected chi connectivity index (χ4v) is 10.8. The topological polar surface area (TPSA) is 0 Å². The molecule has 0 atom stereocenters. The van der Waals surface area contributed by atoms with E-state index in [0.717, 1.165) is 0 Å². The van der Waals surface area contributed by atoms with Gasteiger partial charge in [0.2, 0.25) is 0 Å². The zero-order valence-electron chi connectivity index (χ0n) is 14.8. The van der Waals surface area contributed by atoms with E-state index in [-0.39, 0.29) is 0 Å². The third-order valence-corrected chi connectivity index (χ3v) is 12.5. The van der Waals surface area contributed by atoms with Gasteiger partial charge in [0.15, 0.2) is 0 Å². The molecule has 0 fully saturated rings. The number of hydrogen-bond donors (Lipinski definition) is 0. The van der Waals surface area contributed by atoms with E-state index in [1.54, 1.807) is 0 Å². The van der Waals surface area contributed by atoms with Gasteiger partial charge in [0.25, 0.3) is 0 Å². The van der Waals surface area contributed by atoms with E-state index in [0.29, 0.717) is 0 Å². The Morgan fingerprint density at radius 1 is 0.423 bits per heavy atom. The van der Waals surface area contributed by atoms with Gasteiger partial charge in [-0.1, -0.05) is 0 Å². The zero-order chi connectivity index (χ0) is 17.6. The van der Waals surface area contributed by atoms with Crippen LogP contribution >= 0.6 is 6.60 Å². The first-order chi connectivity index (χ1) is 12.7. The van der Waals surface area contributed by atoms with Crippen molar-refractivity contribution in [2.45, 2.75) is 0 Å². The normalized spacial score (nSPS) is 17.5. The molecule has 0 saturated heterocycles. The Hall–Kier alpha value is -2.69. The number of rotatable bonds is 2. The monoisotopic (exact) mass is 352 g/mol. The van der Waals surface area contributed by atoms with Crippen molar-refractivity contribution in [1.82, 2.24) is 0 Å². The van der Waals surface area contributed by atoms with Crippen LogP contribution in [0.25, 0.3) is 11.1 Å². The van der Waals surface area contributed by atoms with Gasteiger partial charge in [-0.15, -0.1) is 0 Å². The van der Waals surface area contributed by atoms with Crippen LogP contribution in [0.3, 0.4) is 0 Å². The van der Waals surface area contributed by atoms with Gasteiger partial charge >= 0.3 is 155 Å². The Labute approximate surface area is 155 Å². The van der Waals surface area contributed by atoms with Gasteiger partial charge < -0.3 is 0 Å². The van der Waals surface area contributed by atoms with Crippen LogP contribution in [-0.4, -0.2) is 6.66 Å². The van der Waals surface area contributed by atoms with Crippen LogP contribution in [0.2, 0.25) is 0 Å². The number of benzene rings is 4. The van der Waals surface area contributed by atoms with E-state index in [1.807, 2.05) is 0 Å². The average molecular weight is 352 g/mol. The molecule has 0 bridgehead atoms. The molecule has 1 aliphatic heterocycles. The van der Waals surface area contributed by atoms with Gasteiger partial charge in [-0.05, 0) is 0 Å². The van der Waals surface area contributed by atoms with E-state index in [2.05, 4.69) is 116 Å². The Morgan fingerprint density at radius 2 is 0.769 bits per heavy atom. The molecule has 0 spiro atoms. The van der Waals surface area contributed by atoms with Crippen molar-refractivity contribution in [2.24, 2.45) is 0 Å². The second-order valence-corrected chi connectivity index (χ2v) is 12.4. The standard InChI is InChI=1S/C25H21P/c1-26(20-12-4-2-5-13-20,21-14-6-3-7-15-21)24-18-10-8-16-22(24)23-17-9-11-19-25(23)26/h2-19H,1H3. The first-order valence-electron chi connectivity index (χ1n) is 9.07. The SMILES string of the molecule is CP1(c2ccccc2)(c2ccccc2)c2ccccc2-c2ccccc21. The van der Waals surface area contributed by atoms with Gasteiger partial charge in [-0.25, -0.2) is 0 Å². The summed E-state index contributed by atoms with van der Waals surface area (Å²) in [5, 5.41) is 5.83. The molecule has 1 aliphatic rings. The molecule has 4 aromatic carbocycles. The fourth-order valence-electron chi connectivity index (χ4n) is 4.81. The summed E-state index contributed by atoms with van der Waals surface area (Å²) < 4.78 is 0. The maximum absolute atomic E-state index is 2.74. The van der Waals surface area contributed by atoms with Crippen molar-refractivity contribution in [3.05, 3.63) is 109 Å². The molecule has 0 amide bonds. The number of hydrogen-bond acceptors (Lipinski definition) is 0. The van der Waals surface area contributed by atoms with Crippen LogP contribution in [0.1, 0.15) is 0 Å². The quantitative estimate of drug-likeness (QED) is 0.468. The Kier molecular flexibility index (Phi) is 3.23. The average Bonchev–Trinajstić information content (AvgIpc) is 2.98. The minimum absolute atomic E-state index is 1.39. The van der Waals surface area contributed by atoms with Crippen LogP contribution in [-0.2, 0) is 0 Å². The van der Waals surface area contributed by atoms with Crippen molar-refractivity contribution in [1.29, 1.82) is 0 Å². The van der Waals surface area contributed by atoms with Crippen LogP contribution in [0.5, 0.6) is 0 Å². The van der Waals surface area contributed by atoms with E-state index in [9.17, 15) is 0 Å². The Morgan fingerprint density at radius 3 is 1.19 bits per heavy atom. The molecule has 0 unspecified atom stereocenters. The summed E-state index contributed by atoms with van der Waals surface area (Å²) >= 11 is 0. The van der Waals surface area contributed by atoms with Crippen molar-refractivity contribution in [2.75, 3.05) is 6.66 Å². The van der Waals surface area contributed by atoms with E-state index in [1.165, 1.54) is 32.3 Å². The molecule has 0 aliphatic carbocycles. The van der Waals surface area contributed by atoms with Crippen molar-refractivity contribution in [3.8, 4) is 11.1 Å². The van der Waals surface area contributed by atoms with Gasteiger partial charge in [0.05, 0.1) is 0 Å². The summed E-state index contributed by atoms with van der Waals surface area (Å²) in [4.78, 5) is 0. The third-order valence-electron chi connectivity index (χ3n) is 6.11. The predicted octanol–water partition coefficient (Wildman–Crippen LogP) is 4.45. The zero-order valence-corrected chi connectivity index (χ0v) is 15.7. The van der Waals surface area contributed by atoms with E-state index >= 15 is 0 Å². The molecule has 0 saturated carbocycles. The second kappa shape index (κ2) is 5.40. The molecule has 0 N–H and O–H groups in total. The third kappa shape index (κ3) is 1.73. The molecule has 0 nitrogen and oxygen atoms in total. The summed E-state index contributed by atoms with van der Waals surface area (Å²) in [7, 11) is 0. The van der Waals surface area contributed by atoms with Gasteiger partial charge in [-0.2, -0.15) is 0 Å².